The van der Waals surface area contributed by atoms with Gasteiger partial charge in [-0.15, -0.1) is 11.3 Å². The number of nitrogens with zero attached hydrogens (tertiary/aromatic N) is 2. The highest BCUT2D eigenvalue weighted by Crippen LogP contribution is 2.29. The minimum Gasteiger partial charge on any atom is -0.467 e. The van der Waals surface area contributed by atoms with Gasteiger partial charge in [0.05, 0.1) is 13.7 Å². The van der Waals surface area contributed by atoms with E-state index in [-0.39, 0.29) is 30.5 Å². The van der Waals surface area contributed by atoms with Crippen LogP contribution >= 0.6 is 0 Å². The number of anilines is 1. The van der Waals surface area contributed by atoms with E-state index >= 15 is 0 Å². The second-order valence-corrected chi connectivity index (χ2v) is 8.32. The van der Waals surface area contributed by atoms with E-state index in [1.54, 1.807) is 33.8 Å². The summed E-state index contributed by atoms with van der Waals surface area (Å²) in [5, 5.41) is 7.12. The minimum absolute atomic E-state index is 0.0906. The molecule has 9 heteroatoms. The molecule has 0 aliphatic rings. The molecule has 0 fully saturated rings. The summed E-state index contributed by atoms with van der Waals surface area (Å²) < 4.78 is 16.3. The predicted molar refractivity (Wildman–Crippen MR) is 112 cm³/mol. The Kier molecular flexibility index (Phi) is 8.62. The van der Waals surface area contributed by atoms with Crippen LogP contribution < -0.4 is 5.32 Å². The van der Waals surface area contributed by atoms with Crippen LogP contribution in [0.5, 0.6) is 0 Å². The van der Waals surface area contributed by atoms with Crippen molar-refractivity contribution in [2.75, 3.05) is 19.0 Å². The Labute approximate surface area is 177 Å². The lowest BCUT2D eigenvalue weighted by Gasteiger charge is -2.33. The van der Waals surface area contributed by atoms with Crippen LogP contribution in [0.2, 0.25) is 0 Å². The molecule has 1 unspecified atom stereocenters. The summed E-state index contributed by atoms with van der Waals surface area (Å²) in [5.41, 5.74) is -2.09. The number of nitrogens with one attached hydrogen (secondary N) is 1. The van der Waals surface area contributed by atoms with Crippen molar-refractivity contribution in [1.29, 1.82) is 0 Å². The highest BCUT2D eigenvalue weighted by atomic mass is 16.6. The molecule has 30 heavy (non-hydrogen) atoms. The fourth-order valence-corrected chi connectivity index (χ4v) is 3.01. The van der Waals surface area contributed by atoms with Crippen LogP contribution in [-0.2, 0) is 19.0 Å². The second kappa shape index (κ2) is 10.3. The Bertz CT molecular complexity index is 778. The highest BCUT2D eigenvalue weighted by molar-refractivity contribution is 5.91. The number of carbonyl (C=O) groups is 3. The molecule has 1 N–H and O–H groups in total. The van der Waals surface area contributed by atoms with Gasteiger partial charge in [0.25, 0.3) is 0 Å². The molecule has 0 aliphatic carbocycles. The molecule has 1 rings (SSSR count). The fraction of sp³-hybridized carbons (Fsp3) is 0.619. The van der Waals surface area contributed by atoms with E-state index in [0.29, 0.717) is 6.42 Å². The maximum Gasteiger partial charge on any atom is 0.437 e. The van der Waals surface area contributed by atoms with E-state index in [2.05, 4.69) is 17.0 Å². The van der Waals surface area contributed by atoms with Gasteiger partial charge in [0, 0.05) is 6.07 Å². The van der Waals surface area contributed by atoms with Gasteiger partial charge in [-0.2, -0.15) is 5.10 Å². The summed E-state index contributed by atoms with van der Waals surface area (Å²) in [6, 6.07) is 1.35. The van der Waals surface area contributed by atoms with E-state index in [9.17, 15) is 14.4 Å². The standard InChI is InChI=1S/C21H33N3O6/c1-9-11-21(13-14(3)4,18(26)28-8)22-16-12-15(17(25)29-10-2)23-24(16)19(27)30-20(5,6)7/h9,12,14,22H,1,10-11,13H2,2-8H3. The van der Waals surface area contributed by atoms with Crippen LogP contribution in [0.1, 0.15) is 64.9 Å². The van der Waals surface area contributed by atoms with Gasteiger partial charge in [-0.3, -0.25) is 0 Å². The maximum absolute atomic E-state index is 12.7. The topological polar surface area (TPSA) is 109 Å². The fourth-order valence-electron chi connectivity index (χ4n) is 3.01. The monoisotopic (exact) mass is 423 g/mol. The largest absolute Gasteiger partial charge is 0.467 e. The van der Waals surface area contributed by atoms with Crippen LogP contribution in [0.15, 0.2) is 18.7 Å². The third-order valence-corrected chi connectivity index (χ3v) is 3.95. The average molecular weight is 424 g/mol. The smallest absolute Gasteiger partial charge is 0.437 e. The molecular formula is C21H33N3O6. The molecule has 0 saturated heterocycles. The van der Waals surface area contributed by atoms with Crippen molar-refractivity contribution in [3.05, 3.63) is 24.4 Å². The highest BCUT2D eigenvalue weighted by Gasteiger charge is 2.41. The van der Waals surface area contributed by atoms with E-state index in [1.165, 1.54) is 13.2 Å². The first-order valence-corrected chi connectivity index (χ1v) is 9.87. The molecule has 0 aliphatic heterocycles. The van der Waals surface area contributed by atoms with Gasteiger partial charge in [0.1, 0.15) is 17.0 Å². The van der Waals surface area contributed by atoms with Crippen molar-refractivity contribution >= 4 is 23.8 Å². The zero-order valence-corrected chi connectivity index (χ0v) is 18.9. The van der Waals surface area contributed by atoms with E-state index in [4.69, 9.17) is 14.2 Å². The van der Waals surface area contributed by atoms with Crippen molar-refractivity contribution in [2.24, 2.45) is 5.92 Å². The van der Waals surface area contributed by atoms with Crippen molar-refractivity contribution < 1.29 is 28.6 Å². The molecular weight excluding hydrogens is 390 g/mol. The number of carbonyl (C=O) groups excluding carboxylic acids is 3. The van der Waals surface area contributed by atoms with Crippen LogP contribution in [0.25, 0.3) is 0 Å². The number of rotatable bonds is 9. The normalized spacial score (nSPS) is 13.3. The van der Waals surface area contributed by atoms with Gasteiger partial charge in [-0.05, 0) is 46.5 Å². The summed E-state index contributed by atoms with van der Waals surface area (Å²) in [6.07, 6.45) is 1.40. The Balaban J connectivity index is 3.52. The number of esters is 2. The molecule has 9 nitrogen and oxygen atoms in total. The molecule has 0 radical (unpaired) electrons. The zero-order valence-electron chi connectivity index (χ0n) is 18.9. The number of ether oxygens (including phenoxy) is 3. The molecule has 0 saturated carbocycles. The first-order chi connectivity index (χ1) is 13.9. The van der Waals surface area contributed by atoms with Gasteiger partial charge >= 0.3 is 18.0 Å². The van der Waals surface area contributed by atoms with E-state index < -0.39 is 29.2 Å². The molecule has 168 valence electrons. The maximum atomic E-state index is 12.7. The van der Waals surface area contributed by atoms with Crippen molar-refractivity contribution in [3.8, 4) is 0 Å². The Hall–Kier alpha value is -2.84. The third-order valence-electron chi connectivity index (χ3n) is 3.95. The van der Waals surface area contributed by atoms with Gasteiger partial charge < -0.3 is 19.5 Å². The summed E-state index contributed by atoms with van der Waals surface area (Å²) in [5.74, 6) is -0.996. The number of hydrogen-bond donors (Lipinski definition) is 1. The molecule has 1 aromatic rings. The molecule has 0 spiro atoms. The number of aromatic nitrogens is 2. The summed E-state index contributed by atoms with van der Waals surface area (Å²) in [6.45, 7) is 14.6. The van der Waals surface area contributed by atoms with E-state index in [1.807, 2.05) is 13.8 Å². The lowest BCUT2D eigenvalue weighted by Crippen LogP contribution is -2.48. The molecule has 1 aromatic heterocycles. The SMILES string of the molecule is C=CCC(CC(C)C)(Nc1cc(C(=O)OCC)nn1C(=O)OC(C)(C)C)C(=O)OC. The van der Waals surface area contributed by atoms with Crippen molar-refractivity contribution in [3.63, 3.8) is 0 Å². The quantitative estimate of drug-likeness (QED) is 0.363. The zero-order chi connectivity index (χ0) is 23.1. The van der Waals surface area contributed by atoms with Gasteiger partial charge in [-0.25, -0.2) is 14.4 Å². The number of hydrogen-bond acceptors (Lipinski definition) is 8. The second-order valence-electron chi connectivity index (χ2n) is 8.32. The Morgan fingerprint density at radius 1 is 1.30 bits per heavy atom. The molecule has 0 bridgehead atoms. The lowest BCUT2D eigenvalue weighted by atomic mass is 9.85. The number of methoxy groups -OCH3 is 1. The lowest BCUT2D eigenvalue weighted by molar-refractivity contribution is -0.146. The van der Waals surface area contributed by atoms with Gasteiger partial charge in [0.2, 0.25) is 0 Å². The summed E-state index contributed by atoms with van der Waals surface area (Å²) in [7, 11) is 1.29. The third kappa shape index (κ3) is 6.60. The van der Waals surface area contributed by atoms with Crippen LogP contribution in [0.3, 0.4) is 0 Å². The summed E-state index contributed by atoms with van der Waals surface area (Å²) >= 11 is 0. The van der Waals surface area contributed by atoms with Crippen molar-refractivity contribution in [2.45, 2.75) is 65.5 Å². The first kappa shape index (κ1) is 25.2. The molecule has 0 aromatic carbocycles. The van der Waals surface area contributed by atoms with Crippen molar-refractivity contribution in [1.82, 2.24) is 9.78 Å². The molecule has 1 heterocycles. The Morgan fingerprint density at radius 3 is 2.40 bits per heavy atom. The van der Waals surface area contributed by atoms with Gasteiger partial charge in [0.15, 0.2) is 5.69 Å². The summed E-state index contributed by atoms with van der Waals surface area (Å²) in [4.78, 5) is 37.7. The first-order valence-electron chi connectivity index (χ1n) is 9.87. The van der Waals surface area contributed by atoms with Crippen LogP contribution in [-0.4, -0.2) is 52.7 Å². The van der Waals surface area contributed by atoms with Gasteiger partial charge in [-0.1, -0.05) is 19.9 Å². The van der Waals surface area contributed by atoms with Crippen LogP contribution in [0, 0.1) is 5.92 Å². The Morgan fingerprint density at radius 2 is 1.93 bits per heavy atom. The predicted octanol–water partition coefficient (Wildman–Crippen LogP) is 3.79. The molecule has 1 atom stereocenters. The molecule has 0 amide bonds. The average Bonchev–Trinajstić information content (AvgIpc) is 3.03. The minimum atomic E-state index is -1.21. The van der Waals surface area contributed by atoms with E-state index in [0.717, 1.165) is 4.68 Å². The van der Waals surface area contributed by atoms with Crippen LogP contribution in [0.4, 0.5) is 10.6 Å².